The summed E-state index contributed by atoms with van der Waals surface area (Å²) in [5, 5.41) is 3.92. The molecule has 1 N–H and O–H groups in total. The van der Waals surface area contributed by atoms with Gasteiger partial charge in [0, 0.05) is 12.8 Å². The van der Waals surface area contributed by atoms with E-state index in [2.05, 4.69) is 23.3 Å². The number of rotatable bonds is 7. The first-order valence-electron chi connectivity index (χ1n) is 8.12. The number of hydrogen-bond acceptors (Lipinski definition) is 4. The highest BCUT2D eigenvalue weighted by Crippen LogP contribution is 2.25. The van der Waals surface area contributed by atoms with E-state index in [-0.39, 0.29) is 5.91 Å². The second-order valence-electron chi connectivity index (χ2n) is 5.47. The van der Waals surface area contributed by atoms with Gasteiger partial charge in [-0.25, -0.2) is 4.98 Å². The Morgan fingerprint density at radius 3 is 2.79 bits per heavy atom. The van der Waals surface area contributed by atoms with Gasteiger partial charge in [-0.1, -0.05) is 31.2 Å². The van der Waals surface area contributed by atoms with Crippen LogP contribution in [0, 0.1) is 0 Å². The molecule has 0 aliphatic rings. The minimum absolute atomic E-state index is 0.0261. The normalized spacial score (nSPS) is 10.7. The zero-order valence-electron chi connectivity index (χ0n) is 13.6. The molecule has 0 atom stereocenters. The summed E-state index contributed by atoms with van der Waals surface area (Å²) in [6.45, 7) is 2.69. The first kappa shape index (κ1) is 16.5. The van der Waals surface area contributed by atoms with Crippen LogP contribution in [0.3, 0.4) is 0 Å². The Morgan fingerprint density at radius 2 is 1.96 bits per heavy atom. The van der Waals surface area contributed by atoms with Crippen molar-refractivity contribution in [3.05, 3.63) is 53.5 Å². The molecule has 0 spiro atoms. The van der Waals surface area contributed by atoms with E-state index in [1.165, 1.54) is 0 Å². The van der Waals surface area contributed by atoms with Crippen LogP contribution in [0.2, 0.25) is 0 Å². The molecule has 5 heteroatoms. The van der Waals surface area contributed by atoms with E-state index in [4.69, 9.17) is 4.74 Å². The molecule has 0 aliphatic heterocycles. The highest BCUT2D eigenvalue weighted by molar-refractivity contribution is 7.18. The molecule has 0 radical (unpaired) electrons. The number of nitrogens with one attached hydrogen (secondary N) is 1. The maximum absolute atomic E-state index is 12.2. The molecule has 24 heavy (non-hydrogen) atoms. The van der Waals surface area contributed by atoms with Gasteiger partial charge in [0.05, 0.1) is 27.5 Å². The van der Waals surface area contributed by atoms with E-state index < -0.39 is 0 Å². The van der Waals surface area contributed by atoms with Gasteiger partial charge in [-0.15, -0.1) is 11.3 Å². The molecule has 3 aromatic rings. The fraction of sp³-hybridized carbons (Fsp3) is 0.263. The number of para-hydroxylation sites is 3. The summed E-state index contributed by atoms with van der Waals surface area (Å²) in [6.07, 6.45) is 1.98. The summed E-state index contributed by atoms with van der Waals surface area (Å²) >= 11 is 1.64. The van der Waals surface area contributed by atoms with Crippen LogP contribution in [0.5, 0.6) is 5.75 Å². The van der Waals surface area contributed by atoms with Crippen molar-refractivity contribution in [2.24, 2.45) is 0 Å². The third-order valence-electron chi connectivity index (χ3n) is 3.53. The Hall–Kier alpha value is -2.40. The zero-order chi connectivity index (χ0) is 16.8. The first-order chi connectivity index (χ1) is 11.8. The van der Waals surface area contributed by atoms with E-state index in [9.17, 15) is 4.79 Å². The molecule has 1 aromatic heterocycles. The van der Waals surface area contributed by atoms with Crippen LogP contribution >= 0.6 is 11.3 Å². The smallest absolute Gasteiger partial charge is 0.224 e. The molecule has 3 rings (SSSR count). The number of ether oxygens (including phenoxy) is 1. The van der Waals surface area contributed by atoms with Crippen molar-refractivity contribution < 1.29 is 9.53 Å². The second kappa shape index (κ2) is 7.93. The second-order valence-corrected chi connectivity index (χ2v) is 6.58. The number of fused-ring (bicyclic) bond motifs is 1. The van der Waals surface area contributed by atoms with Gasteiger partial charge in [0.25, 0.3) is 0 Å². The lowest BCUT2D eigenvalue weighted by atomic mass is 10.2. The number of carbonyl (C=O) groups excluding carboxylic acids is 1. The van der Waals surface area contributed by atoms with Crippen molar-refractivity contribution in [1.29, 1.82) is 0 Å². The summed E-state index contributed by atoms with van der Waals surface area (Å²) in [5.74, 6) is 0.689. The van der Waals surface area contributed by atoms with Crippen LogP contribution in [0.25, 0.3) is 10.2 Å². The third-order valence-corrected chi connectivity index (χ3v) is 4.62. The number of carbonyl (C=O) groups is 1. The van der Waals surface area contributed by atoms with Crippen LogP contribution in [-0.2, 0) is 11.2 Å². The quantitative estimate of drug-likeness (QED) is 0.681. The van der Waals surface area contributed by atoms with E-state index in [0.29, 0.717) is 25.2 Å². The van der Waals surface area contributed by atoms with Crippen LogP contribution in [-0.4, -0.2) is 17.5 Å². The van der Waals surface area contributed by atoms with Gasteiger partial charge >= 0.3 is 0 Å². The fourth-order valence-corrected chi connectivity index (χ4v) is 3.33. The third kappa shape index (κ3) is 4.11. The Bertz CT molecular complexity index is 796. The average molecular weight is 340 g/mol. The first-order valence-corrected chi connectivity index (χ1v) is 8.94. The molecule has 0 saturated carbocycles. The average Bonchev–Trinajstić information content (AvgIpc) is 3.02. The number of amides is 1. The molecule has 2 aromatic carbocycles. The molecular weight excluding hydrogens is 320 g/mol. The largest absolute Gasteiger partial charge is 0.491 e. The maximum atomic E-state index is 12.2. The number of thiazole rings is 1. The summed E-state index contributed by atoms with van der Waals surface area (Å²) in [4.78, 5) is 16.8. The maximum Gasteiger partial charge on any atom is 0.224 e. The van der Waals surface area contributed by atoms with Gasteiger partial charge in [-0.3, -0.25) is 4.79 Å². The molecular formula is C19H20N2O2S. The van der Waals surface area contributed by atoms with E-state index >= 15 is 0 Å². The predicted molar refractivity (Wildman–Crippen MR) is 98.8 cm³/mol. The van der Waals surface area contributed by atoms with Crippen molar-refractivity contribution in [2.45, 2.75) is 26.2 Å². The number of anilines is 1. The predicted octanol–water partition coefficient (Wildman–Crippen LogP) is 4.66. The van der Waals surface area contributed by atoms with Crippen molar-refractivity contribution in [1.82, 2.24) is 4.98 Å². The number of aromatic nitrogens is 1. The molecule has 0 saturated heterocycles. The fourth-order valence-electron chi connectivity index (χ4n) is 2.37. The molecule has 1 heterocycles. The molecule has 0 bridgehead atoms. The summed E-state index contributed by atoms with van der Waals surface area (Å²) in [7, 11) is 0. The van der Waals surface area contributed by atoms with E-state index in [1.54, 1.807) is 11.3 Å². The van der Waals surface area contributed by atoms with Gasteiger partial charge in [0.2, 0.25) is 5.91 Å². The minimum atomic E-state index is -0.0261. The van der Waals surface area contributed by atoms with Gasteiger partial charge < -0.3 is 10.1 Å². The summed E-state index contributed by atoms with van der Waals surface area (Å²) in [6, 6.07) is 15.6. The Morgan fingerprint density at radius 1 is 1.17 bits per heavy atom. The Balaban J connectivity index is 1.59. The van der Waals surface area contributed by atoms with Gasteiger partial charge in [-0.05, 0) is 30.7 Å². The van der Waals surface area contributed by atoms with E-state index in [1.807, 2.05) is 42.5 Å². The summed E-state index contributed by atoms with van der Waals surface area (Å²) in [5.41, 5.74) is 1.72. The molecule has 0 unspecified atom stereocenters. The SMILES string of the molecule is CCCOc1ccccc1NC(=O)CCc1nc2ccccc2s1. The molecule has 4 nitrogen and oxygen atoms in total. The van der Waals surface area contributed by atoms with Gasteiger partial charge in [0.15, 0.2) is 0 Å². The van der Waals surface area contributed by atoms with Crippen LogP contribution in [0.4, 0.5) is 5.69 Å². The molecule has 124 valence electrons. The highest BCUT2D eigenvalue weighted by atomic mass is 32.1. The van der Waals surface area contributed by atoms with Crippen molar-refractivity contribution >= 4 is 33.1 Å². The lowest BCUT2D eigenvalue weighted by molar-refractivity contribution is -0.116. The van der Waals surface area contributed by atoms with Crippen LogP contribution < -0.4 is 10.1 Å². The molecule has 0 fully saturated rings. The number of nitrogens with zero attached hydrogens (tertiary/aromatic N) is 1. The minimum Gasteiger partial charge on any atom is -0.491 e. The number of benzene rings is 2. The Kier molecular flexibility index (Phi) is 5.43. The highest BCUT2D eigenvalue weighted by Gasteiger charge is 2.10. The van der Waals surface area contributed by atoms with Crippen molar-refractivity contribution in [2.75, 3.05) is 11.9 Å². The van der Waals surface area contributed by atoms with Crippen molar-refractivity contribution in [3.8, 4) is 5.75 Å². The van der Waals surface area contributed by atoms with Crippen LogP contribution in [0.1, 0.15) is 24.8 Å². The van der Waals surface area contributed by atoms with Gasteiger partial charge in [0.1, 0.15) is 5.75 Å². The summed E-state index contributed by atoms with van der Waals surface area (Å²) < 4.78 is 6.82. The number of aryl methyl sites for hydroxylation is 1. The van der Waals surface area contributed by atoms with Crippen molar-refractivity contribution in [3.63, 3.8) is 0 Å². The monoisotopic (exact) mass is 340 g/mol. The Labute approximate surface area is 145 Å². The topological polar surface area (TPSA) is 51.2 Å². The molecule has 0 aliphatic carbocycles. The lowest BCUT2D eigenvalue weighted by Crippen LogP contribution is -2.13. The lowest BCUT2D eigenvalue weighted by Gasteiger charge is -2.11. The molecule has 1 amide bonds. The van der Waals surface area contributed by atoms with Gasteiger partial charge in [-0.2, -0.15) is 0 Å². The number of hydrogen-bond donors (Lipinski definition) is 1. The van der Waals surface area contributed by atoms with E-state index in [0.717, 1.165) is 27.3 Å². The van der Waals surface area contributed by atoms with Crippen LogP contribution in [0.15, 0.2) is 48.5 Å². The zero-order valence-corrected chi connectivity index (χ0v) is 14.4. The standard InChI is InChI=1S/C19H20N2O2S/c1-2-13-23-16-9-5-3-7-14(16)20-18(22)11-12-19-21-15-8-4-6-10-17(15)24-19/h3-10H,2,11-13H2,1H3,(H,20,22).